The van der Waals surface area contributed by atoms with Crippen LogP contribution >= 0.6 is 0 Å². The SMILES string of the molecule is CCCCCCC(OC(=O)c1ccccc1C1(C(=O)O)C=CC(c2ccc(OCCCCCCCCOC)cc2)=CC1F)C(F)(F)F. The average molecular weight is 663 g/mol. The monoisotopic (exact) mass is 662 g/mol. The van der Waals surface area contributed by atoms with Gasteiger partial charge in [-0.3, -0.25) is 4.79 Å². The number of benzene rings is 2. The number of esters is 1. The standard InChI is InChI=1S/C37H46F4O6/c1-3-4-5-10-17-33(37(39,40)41)47-34(42)30-15-11-12-16-31(30)36(35(43)44)23-22-28(26-32(36)38)27-18-20-29(21-19-27)46-25-14-9-7-6-8-13-24-45-2/h11-12,15-16,18-23,26,32-33H,3-10,13-14,17,24-25H2,1-2H3,(H,43,44). The molecule has 0 aromatic heterocycles. The molecule has 47 heavy (non-hydrogen) atoms. The summed E-state index contributed by atoms with van der Waals surface area (Å²) in [4.78, 5) is 25.8. The third kappa shape index (κ3) is 10.7. The van der Waals surface area contributed by atoms with E-state index in [1.54, 1.807) is 31.4 Å². The normalized spacial score (nSPS) is 18.4. The van der Waals surface area contributed by atoms with Gasteiger partial charge in [0.15, 0.2) is 6.10 Å². The number of carboxylic acid groups (broad SMARTS) is 1. The van der Waals surface area contributed by atoms with Crippen molar-refractivity contribution in [2.24, 2.45) is 0 Å². The molecule has 0 amide bonds. The van der Waals surface area contributed by atoms with Crippen LogP contribution in [0.3, 0.4) is 0 Å². The lowest BCUT2D eigenvalue weighted by molar-refractivity contribution is -0.206. The maximum Gasteiger partial charge on any atom is 0.425 e. The molecule has 6 nitrogen and oxygen atoms in total. The lowest BCUT2D eigenvalue weighted by Crippen LogP contribution is -2.45. The van der Waals surface area contributed by atoms with Gasteiger partial charge in [0.2, 0.25) is 0 Å². The van der Waals surface area contributed by atoms with Crippen LogP contribution in [0.15, 0.2) is 66.8 Å². The Hall–Kier alpha value is -3.66. The summed E-state index contributed by atoms with van der Waals surface area (Å²) < 4.78 is 73.1. The summed E-state index contributed by atoms with van der Waals surface area (Å²) in [5.74, 6) is -2.30. The second-order valence-electron chi connectivity index (χ2n) is 11.8. The minimum atomic E-state index is -4.81. The van der Waals surface area contributed by atoms with Gasteiger partial charge < -0.3 is 19.3 Å². The Morgan fingerprint density at radius 3 is 2.15 bits per heavy atom. The first-order chi connectivity index (χ1) is 22.5. The van der Waals surface area contributed by atoms with Gasteiger partial charge in [0.1, 0.15) is 17.3 Å². The van der Waals surface area contributed by atoms with Crippen LogP contribution in [0, 0.1) is 0 Å². The third-order valence-corrected chi connectivity index (χ3v) is 8.37. The number of alkyl halides is 4. The van der Waals surface area contributed by atoms with Crippen molar-refractivity contribution in [1.29, 1.82) is 0 Å². The number of unbranched alkanes of at least 4 members (excludes halogenated alkanes) is 8. The highest BCUT2D eigenvalue weighted by atomic mass is 19.4. The van der Waals surface area contributed by atoms with E-state index < -0.39 is 47.8 Å². The summed E-state index contributed by atoms with van der Waals surface area (Å²) >= 11 is 0. The molecule has 1 N–H and O–H groups in total. The lowest BCUT2D eigenvalue weighted by Gasteiger charge is -2.33. The van der Waals surface area contributed by atoms with E-state index >= 15 is 4.39 Å². The molecule has 10 heteroatoms. The van der Waals surface area contributed by atoms with Gasteiger partial charge >= 0.3 is 18.1 Å². The molecule has 2 aromatic rings. The fourth-order valence-corrected chi connectivity index (χ4v) is 5.64. The van der Waals surface area contributed by atoms with Crippen molar-refractivity contribution in [3.8, 4) is 5.75 Å². The van der Waals surface area contributed by atoms with Gasteiger partial charge in [0.25, 0.3) is 0 Å². The molecule has 0 heterocycles. The summed E-state index contributed by atoms with van der Waals surface area (Å²) in [5, 5.41) is 10.3. The van der Waals surface area contributed by atoms with E-state index in [-0.39, 0.29) is 12.0 Å². The number of carbonyl (C=O) groups is 2. The number of halogens is 4. The Labute approximate surface area is 274 Å². The molecule has 0 aliphatic heterocycles. The van der Waals surface area contributed by atoms with E-state index in [1.807, 2.05) is 6.92 Å². The van der Waals surface area contributed by atoms with E-state index in [2.05, 4.69) is 0 Å². The van der Waals surface area contributed by atoms with Crippen LogP contribution in [-0.4, -0.2) is 55.8 Å². The van der Waals surface area contributed by atoms with E-state index in [1.165, 1.54) is 24.3 Å². The van der Waals surface area contributed by atoms with Gasteiger partial charge in [-0.2, -0.15) is 13.2 Å². The second kappa shape index (κ2) is 18.6. The molecule has 0 saturated heterocycles. The Balaban J connectivity index is 1.70. The van der Waals surface area contributed by atoms with Gasteiger partial charge in [0, 0.05) is 13.7 Å². The van der Waals surface area contributed by atoms with E-state index in [9.17, 15) is 27.9 Å². The smallest absolute Gasteiger partial charge is 0.425 e. The first-order valence-corrected chi connectivity index (χ1v) is 16.4. The molecule has 1 aliphatic carbocycles. The number of aliphatic carboxylic acids is 1. The van der Waals surface area contributed by atoms with Crippen LogP contribution in [0.1, 0.15) is 99.0 Å². The van der Waals surface area contributed by atoms with Gasteiger partial charge in [-0.05, 0) is 66.7 Å². The van der Waals surface area contributed by atoms with Crippen LogP contribution in [0.4, 0.5) is 17.6 Å². The highest BCUT2D eigenvalue weighted by Gasteiger charge is 2.50. The van der Waals surface area contributed by atoms with Gasteiger partial charge in [-0.15, -0.1) is 0 Å². The lowest BCUT2D eigenvalue weighted by atomic mass is 9.71. The minimum absolute atomic E-state index is 0.206. The van der Waals surface area contributed by atoms with Crippen LogP contribution in [0.2, 0.25) is 0 Å². The van der Waals surface area contributed by atoms with Crippen molar-refractivity contribution in [2.75, 3.05) is 20.3 Å². The van der Waals surface area contributed by atoms with Crippen molar-refractivity contribution in [2.45, 2.75) is 101 Å². The van der Waals surface area contributed by atoms with Gasteiger partial charge in [0.05, 0.1) is 12.2 Å². The molecule has 0 saturated carbocycles. The number of rotatable bonds is 20. The third-order valence-electron chi connectivity index (χ3n) is 8.37. The zero-order valence-electron chi connectivity index (χ0n) is 27.2. The molecule has 0 spiro atoms. The van der Waals surface area contributed by atoms with E-state index in [0.717, 1.165) is 76.2 Å². The fraction of sp³-hybridized carbons (Fsp3) is 0.514. The Morgan fingerprint density at radius 2 is 1.53 bits per heavy atom. The van der Waals surface area contributed by atoms with Crippen molar-refractivity contribution >= 4 is 17.5 Å². The largest absolute Gasteiger partial charge is 0.494 e. The van der Waals surface area contributed by atoms with Crippen LogP contribution in [0.5, 0.6) is 5.75 Å². The van der Waals surface area contributed by atoms with Crippen molar-refractivity contribution < 1.29 is 46.5 Å². The Morgan fingerprint density at radius 1 is 0.894 bits per heavy atom. The number of allylic oxidation sites excluding steroid dienone is 3. The highest BCUT2D eigenvalue weighted by Crippen LogP contribution is 2.41. The molecule has 2 aromatic carbocycles. The highest BCUT2D eigenvalue weighted by molar-refractivity contribution is 5.97. The van der Waals surface area contributed by atoms with Gasteiger partial charge in [-0.25, -0.2) is 9.18 Å². The zero-order valence-corrected chi connectivity index (χ0v) is 27.2. The van der Waals surface area contributed by atoms with Crippen LogP contribution in [-0.2, 0) is 19.7 Å². The maximum absolute atomic E-state index is 16.1. The summed E-state index contributed by atoms with van der Waals surface area (Å²) in [6, 6.07) is 12.2. The van der Waals surface area contributed by atoms with E-state index in [0.29, 0.717) is 29.9 Å². The molecule has 0 fully saturated rings. The summed E-state index contributed by atoms with van der Waals surface area (Å²) in [6.45, 7) is 3.28. The predicted molar refractivity (Wildman–Crippen MR) is 173 cm³/mol. The van der Waals surface area contributed by atoms with Crippen LogP contribution < -0.4 is 4.74 Å². The van der Waals surface area contributed by atoms with Crippen molar-refractivity contribution in [3.05, 3.63) is 83.4 Å². The molecule has 3 unspecified atom stereocenters. The molecule has 1 aliphatic rings. The molecule has 3 rings (SSSR count). The quantitative estimate of drug-likeness (QED) is 0.0865. The fourth-order valence-electron chi connectivity index (χ4n) is 5.64. The summed E-state index contributed by atoms with van der Waals surface area (Å²) in [6.07, 6.45) is 2.82. The number of hydrogen-bond acceptors (Lipinski definition) is 5. The first-order valence-electron chi connectivity index (χ1n) is 16.4. The average Bonchev–Trinajstić information content (AvgIpc) is 3.05. The number of methoxy groups -OCH3 is 1. The molecular weight excluding hydrogens is 616 g/mol. The number of hydrogen-bond donors (Lipinski definition) is 1. The molecular formula is C37H46F4O6. The maximum atomic E-state index is 16.1. The second-order valence-corrected chi connectivity index (χ2v) is 11.8. The first kappa shape index (κ1) is 37.8. The topological polar surface area (TPSA) is 82.1 Å². The van der Waals surface area contributed by atoms with Crippen molar-refractivity contribution in [3.63, 3.8) is 0 Å². The number of carbonyl (C=O) groups excluding carboxylic acids is 1. The molecule has 3 atom stereocenters. The molecule has 0 bridgehead atoms. The number of carboxylic acids is 1. The molecule has 258 valence electrons. The summed E-state index contributed by atoms with van der Waals surface area (Å²) in [7, 11) is 1.70. The van der Waals surface area contributed by atoms with Gasteiger partial charge in [-0.1, -0.05) is 94.4 Å². The van der Waals surface area contributed by atoms with Crippen LogP contribution in [0.25, 0.3) is 5.57 Å². The summed E-state index contributed by atoms with van der Waals surface area (Å²) in [5.41, 5.74) is -2.05. The Bertz CT molecular complexity index is 1340. The minimum Gasteiger partial charge on any atom is -0.494 e. The van der Waals surface area contributed by atoms with Crippen molar-refractivity contribution in [1.82, 2.24) is 0 Å². The number of ether oxygens (including phenoxy) is 3. The predicted octanol–water partition coefficient (Wildman–Crippen LogP) is 9.42. The Kier molecular flexibility index (Phi) is 15.0. The zero-order chi connectivity index (χ0) is 34.3. The van der Waals surface area contributed by atoms with E-state index in [4.69, 9.17) is 14.2 Å². The molecule has 0 radical (unpaired) electrons.